The van der Waals surface area contributed by atoms with Crippen LogP contribution in [-0.4, -0.2) is 18.0 Å². The lowest BCUT2D eigenvalue weighted by Crippen LogP contribution is -2.43. The second-order valence-electron chi connectivity index (χ2n) is 5.04. The van der Waals surface area contributed by atoms with Gasteiger partial charge in [-0.3, -0.25) is 0 Å². The third-order valence-electron chi connectivity index (χ3n) is 3.82. The summed E-state index contributed by atoms with van der Waals surface area (Å²) in [6.07, 6.45) is 2.99. The number of rotatable bonds is 2. The van der Waals surface area contributed by atoms with Gasteiger partial charge in [0.1, 0.15) is 6.10 Å². The molecule has 0 amide bonds. The third-order valence-corrected chi connectivity index (χ3v) is 4.15. The number of hydrogen-bond donors (Lipinski definition) is 0. The van der Waals surface area contributed by atoms with Gasteiger partial charge in [0, 0.05) is 11.4 Å². The van der Waals surface area contributed by atoms with Crippen molar-refractivity contribution in [3.63, 3.8) is 0 Å². The Balaban J connectivity index is 2.12. The second-order valence-corrected chi connectivity index (χ2v) is 5.45. The highest BCUT2D eigenvalue weighted by Gasteiger charge is 2.45. The van der Waals surface area contributed by atoms with Crippen LogP contribution in [0.3, 0.4) is 0 Å². The number of benzene rings is 1. The highest BCUT2D eigenvalue weighted by molar-refractivity contribution is 6.33. The fourth-order valence-corrected chi connectivity index (χ4v) is 3.33. The van der Waals surface area contributed by atoms with Gasteiger partial charge in [-0.1, -0.05) is 29.8 Å². The minimum absolute atomic E-state index is 0.155. The quantitative estimate of drug-likeness (QED) is 0.779. The van der Waals surface area contributed by atoms with E-state index in [0.29, 0.717) is 11.4 Å². The van der Waals surface area contributed by atoms with Crippen LogP contribution in [0.15, 0.2) is 29.3 Å². The maximum absolute atomic E-state index is 13.0. The Morgan fingerprint density at radius 3 is 3.00 bits per heavy atom. The predicted molar refractivity (Wildman–Crippen MR) is 70.0 cm³/mol. The van der Waals surface area contributed by atoms with Crippen LogP contribution in [0.1, 0.15) is 31.2 Å². The van der Waals surface area contributed by atoms with Gasteiger partial charge in [0.05, 0.1) is 5.54 Å². The number of ether oxygens (including phenoxy) is 1. The van der Waals surface area contributed by atoms with E-state index in [1.807, 2.05) is 18.2 Å². The zero-order chi connectivity index (χ0) is 13.5. The monoisotopic (exact) mass is 281 g/mol. The van der Waals surface area contributed by atoms with E-state index in [2.05, 4.69) is 4.99 Å². The van der Waals surface area contributed by atoms with Crippen LogP contribution in [0.2, 0.25) is 5.02 Å². The lowest BCUT2D eigenvalue weighted by atomic mass is 9.75. The van der Waals surface area contributed by atoms with Crippen molar-refractivity contribution in [2.45, 2.75) is 37.3 Å². The van der Waals surface area contributed by atoms with E-state index >= 15 is 0 Å². The highest BCUT2D eigenvalue weighted by Crippen LogP contribution is 2.46. The lowest BCUT2D eigenvalue weighted by molar-refractivity contribution is -0.125. The lowest BCUT2D eigenvalue weighted by Gasteiger charge is -2.42. The Bertz CT molecular complexity index is 560. The van der Waals surface area contributed by atoms with Crippen molar-refractivity contribution >= 4 is 23.5 Å². The average molecular weight is 282 g/mol. The smallest absolute Gasteiger partial charge is 0.386 e. The maximum Gasteiger partial charge on any atom is 0.386 e. The van der Waals surface area contributed by atoms with Crippen LogP contribution in [0, 0.1) is 0 Å². The van der Waals surface area contributed by atoms with Crippen molar-refractivity contribution in [3.05, 3.63) is 34.9 Å². The van der Waals surface area contributed by atoms with E-state index in [4.69, 9.17) is 16.3 Å². The Labute approximate surface area is 115 Å². The molecular weight excluding hydrogens is 269 g/mol. The molecule has 0 spiro atoms. The molecule has 0 unspecified atom stereocenters. The van der Waals surface area contributed by atoms with Crippen molar-refractivity contribution in [3.8, 4) is 0 Å². The number of nitrogens with zero attached hydrogens (tertiary/aromatic N) is 1. The maximum atomic E-state index is 13.0. The predicted octanol–water partition coefficient (Wildman–Crippen LogP) is 3.40. The molecular formula is C14H13ClFNO2. The van der Waals surface area contributed by atoms with Gasteiger partial charge < -0.3 is 4.74 Å². The van der Waals surface area contributed by atoms with E-state index in [1.165, 1.54) is 0 Å². The Kier molecular flexibility index (Phi) is 3.05. The molecule has 2 aliphatic rings. The van der Waals surface area contributed by atoms with E-state index < -0.39 is 17.5 Å². The van der Waals surface area contributed by atoms with Gasteiger partial charge in [-0.2, -0.15) is 4.39 Å². The van der Waals surface area contributed by atoms with Crippen molar-refractivity contribution in [2.24, 2.45) is 4.99 Å². The average Bonchev–Trinajstić information content (AvgIpc) is 2.38. The molecule has 0 aromatic heterocycles. The summed E-state index contributed by atoms with van der Waals surface area (Å²) in [5.41, 5.74) is 0.236. The van der Waals surface area contributed by atoms with Gasteiger partial charge in [-0.25, -0.2) is 9.79 Å². The largest absolute Gasteiger partial charge is 0.470 e. The molecule has 1 aromatic carbocycles. The SMILES string of the molecule is O=C(F)C1=N[C@]2(c3ccccc3Cl)CCC[C@H](C2)O1. The van der Waals surface area contributed by atoms with Crippen molar-refractivity contribution < 1.29 is 13.9 Å². The van der Waals surface area contributed by atoms with Gasteiger partial charge >= 0.3 is 6.04 Å². The Morgan fingerprint density at radius 2 is 2.26 bits per heavy atom. The van der Waals surface area contributed by atoms with Crippen LogP contribution in [0.4, 0.5) is 4.39 Å². The van der Waals surface area contributed by atoms with Crippen LogP contribution >= 0.6 is 11.6 Å². The first-order chi connectivity index (χ1) is 9.11. The molecule has 3 rings (SSSR count). The molecule has 5 heteroatoms. The minimum Gasteiger partial charge on any atom is -0.470 e. The molecule has 1 heterocycles. The molecule has 100 valence electrons. The van der Waals surface area contributed by atoms with Crippen LogP contribution in [0.25, 0.3) is 0 Å². The molecule has 19 heavy (non-hydrogen) atoms. The molecule has 1 saturated carbocycles. The summed E-state index contributed by atoms with van der Waals surface area (Å²) in [6.45, 7) is 0. The third kappa shape index (κ3) is 2.14. The highest BCUT2D eigenvalue weighted by atomic mass is 35.5. The molecule has 2 atom stereocenters. The van der Waals surface area contributed by atoms with E-state index in [1.54, 1.807) is 6.07 Å². The molecule has 1 aliphatic carbocycles. The van der Waals surface area contributed by atoms with E-state index in [9.17, 15) is 9.18 Å². The zero-order valence-corrected chi connectivity index (χ0v) is 11.0. The van der Waals surface area contributed by atoms with Crippen molar-refractivity contribution in [1.29, 1.82) is 0 Å². The second kappa shape index (κ2) is 4.60. The molecule has 2 bridgehead atoms. The topological polar surface area (TPSA) is 38.7 Å². The first-order valence-corrected chi connectivity index (χ1v) is 6.70. The van der Waals surface area contributed by atoms with Gasteiger partial charge in [-0.05, 0) is 30.9 Å². The van der Waals surface area contributed by atoms with Crippen LogP contribution < -0.4 is 0 Å². The fraction of sp³-hybridized carbons (Fsp3) is 0.429. The van der Waals surface area contributed by atoms with Crippen molar-refractivity contribution in [2.75, 3.05) is 0 Å². The summed E-state index contributed by atoms with van der Waals surface area (Å²) in [5.74, 6) is -0.407. The Hall–Kier alpha value is -1.42. The summed E-state index contributed by atoms with van der Waals surface area (Å²) < 4.78 is 18.2. The first kappa shape index (κ1) is 12.6. The molecule has 1 aliphatic heterocycles. The van der Waals surface area contributed by atoms with Crippen LogP contribution in [-0.2, 0) is 15.1 Å². The van der Waals surface area contributed by atoms with E-state index in [-0.39, 0.29) is 6.10 Å². The number of fused-ring (bicyclic) bond motifs is 2. The summed E-state index contributed by atoms with van der Waals surface area (Å²) in [7, 11) is 0. The van der Waals surface area contributed by atoms with Gasteiger partial charge in [0.25, 0.3) is 5.90 Å². The molecule has 1 fully saturated rings. The van der Waals surface area contributed by atoms with Crippen molar-refractivity contribution in [1.82, 2.24) is 0 Å². The minimum atomic E-state index is -1.61. The number of aliphatic imine (C=N–C) groups is 1. The van der Waals surface area contributed by atoms with E-state index in [0.717, 1.165) is 24.8 Å². The number of carbonyl (C=O) groups is 1. The molecule has 3 nitrogen and oxygen atoms in total. The fourth-order valence-electron chi connectivity index (χ4n) is 3.02. The summed E-state index contributed by atoms with van der Waals surface area (Å²) in [6, 6.07) is 5.79. The Morgan fingerprint density at radius 1 is 1.47 bits per heavy atom. The summed E-state index contributed by atoms with van der Waals surface area (Å²) in [5, 5.41) is 0.597. The molecule has 1 aromatic rings. The number of hydrogen-bond acceptors (Lipinski definition) is 3. The van der Waals surface area contributed by atoms with Gasteiger partial charge in [0.15, 0.2) is 0 Å². The molecule has 0 N–H and O–H groups in total. The zero-order valence-electron chi connectivity index (χ0n) is 10.2. The number of carbonyl (C=O) groups excluding carboxylic acids is 1. The number of halogens is 2. The molecule has 0 saturated heterocycles. The first-order valence-electron chi connectivity index (χ1n) is 6.32. The van der Waals surface area contributed by atoms with Crippen LogP contribution in [0.5, 0.6) is 0 Å². The normalized spacial score (nSPS) is 29.4. The summed E-state index contributed by atoms with van der Waals surface area (Å²) >= 11 is 6.24. The summed E-state index contributed by atoms with van der Waals surface area (Å²) in [4.78, 5) is 15.2. The van der Waals surface area contributed by atoms with Gasteiger partial charge in [0.2, 0.25) is 0 Å². The molecule has 0 radical (unpaired) electrons. The standard InChI is InChI=1S/C14H13ClFNO2/c15-11-6-2-1-5-10(11)14-7-3-4-9(8-14)19-13(17-14)12(16)18/h1-2,5-6,9H,3-4,7-8H2/t9-,14-/m1/s1. The van der Waals surface area contributed by atoms with Gasteiger partial charge in [-0.15, -0.1) is 0 Å².